The van der Waals surface area contributed by atoms with Crippen molar-refractivity contribution in [2.45, 2.75) is 13.3 Å². The van der Waals surface area contributed by atoms with Crippen LogP contribution in [0.25, 0.3) is 11.4 Å². The molecule has 0 saturated carbocycles. The Balaban J connectivity index is 1.61. The molecule has 0 saturated heterocycles. The summed E-state index contributed by atoms with van der Waals surface area (Å²) in [5.41, 5.74) is 1.78. The molecule has 0 unspecified atom stereocenters. The maximum atomic E-state index is 13.7. The van der Waals surface area contributed by atoms with Crippen molar-refractivity contribution in [1.82, 2.24) is 15.5 Å². The molecule has 5 nitrogen and oxygen atoms in total. The number of aryl methyl sites for hydroxylation is 1. The van der Waals surface area contributed by atoms with Crippen LogP contribution in [0.1, 0.15) is 21.8 Å². The van der Waals surface area contributed by atoms with Crippen molar-refractivity contribution in [3.8, 4) is 11.4 Å². The summed E-state index contributed by atoms with van der Waals surface area (Å²) >= 11 is 5.86. The van der Waals surface area contributed by atoms with E-state index in [1.807, 2.05) is 31.2 Å². The van der Waals surface area contributed by atoms with Crippen LogP contribution in [-0.4, -0.2) is 22.6 Å². The first-order valence-corrected chi connectivity index (χ1v) is 8.04. The van der Waals surface area contributed by atoms with Crippen molar-refractivity contribution < 1.29 is 13.7 Å². The number of hydrogen-bond donors (Lipinski definition) is 1. The van der Waals surface area contributed by atoms with Crippen LogP contribution in [0.15, 0.2) is 47.0 Å². The average molecular weight is 360 g/mol. The van der Waals surface area contributed by atoms with Gasteiger partial charge in [0.05, 0.1) is 10.6 Å². The van der Waals surface area contributed by atoms with Gasteiger partial charge >= 0.3 is 0 Å². The molecule has 0 fully saturated rings. The number of hydrogen-bond acceptors (Lipinski definition) is 4. The van der Waals surface area contributed by atoms with Crippen LogP contribution >= 0.6 is 11.6 Å². The molecule has 0 aliphatic carbocycles. The van der Waals surface area contributed by atoms with Crippen molar-refractivity contribution in [3.63, 3.8) is 0 Å². The zero-order valence-electron chi connectivity index (χ0n) is 13.4. The second-order valence-electron chi connectivity index (χ2n) is 5.48. The molecule has 0 aliphatic rings. The minimum absolute atomic E-state index is 0.0667. The molecule has 3 rings (SSSR count). The Morgan fingerprint density at radius 1 is 1.28 bits per heavy atom. The third-order valence-corrected chi connectivity index (χ3v) is 3.87. The van der Waals surface area contributed by atoms with E-state index in [4.69, 9.17) is 16.1 Å². The van der Waals surface area contributed by atoms with Crippen LogP contribution in [0.5, 0.6) is 0 Å². The summed E-state index contributed by atoms with van der Waals surface area (Å²) in [6.45, 7) is 2.20. The SMILES string of the molecule is Cc1cccc(-c2noc(CCNC(=O)c3c(F)cccc3Cl)n2)c1. The monoisotopic (exact) mass is 359 g/mol. The highest BCUT2D eigenvalue weighted by atomic mass is 35.5. The third-order valence-electron chi connectivity index (χ3n) is 3.56. The number of nitrogens with one attached hydrogen (secondary N) is 1. The number of amides is 1. The van der Waals surface area contributed by atoms with Crippen LogP contribution in [0.2, 0.25) is 5.02 Å². The fourth-order valence-corrected chi connectivity index (χ4v) is 2.59. The van der Waals surface area contributed by atoms with Gasteiger partial charge in [0.15, 0.2) is 0 Å². The lowest BCUT2D eigenvalue weighted by Crippen LogP contribution is -2.27. The molecule has 1 N–H and O–H groups in total. The lowest BCUT2D eigenvalue weighted by molar-refractivity contribution is 0.0949. The first-order valence-electron chi connectivity index (χ1n) is 7.66. The second kappa shape index (κ2) is 7.44. The summed E-state index contributed by atoms with van der Waals surface area (Å²) in [7, 11) is 0. The molecule has 0 spiro atoms. The molecular formula is C18H15ClFN3O2. The lowest BCUT2D eigenvalue weighted by atomic mass is 10.1. The van der Waals surface area contributed by atoms with Gasteiger partial charge in [-0.15, -0.1) is 0 Å². The Bertz CT molecular complexity index is 891. The summed E-state index contributed by atoms with van der Waals surface area (Å²) in [6, 6.07) is 11.8. The maximum absolute atomic E-state index is 13.7. The van der Waals surface area contributed by atoms with Crippen molar-refractivity contribution >= 4 is 17.5 Å². The molecule has 1 aromatic heterocycles. The molecule has 25 heavy (non-hydrogen) atoms. The summed E-state index contributed by atoms with van der Waals surface area (Å²) in [5, 5.41) is 6.59. The smallest absolute Gasteiger partial charge is 0.255 e. The third kappa shape index (κ3) is 4.03. The predicted octanol–water partition coefficient (Wildman–Crippen LogP) is 3.81. The Morgan fingerprint density at radius 3 is 2.84 bits per heavy atom. The molecule has 0 atom stereocenters. The molecule has 1 heterocycles. The molecule has 1 amide bonds. The lowest BCUT2D eigenvalue weighted by Gasteiger charge is -2.06. The topological polar surface area (TPSA) is 68.0 Å². The highest BCUT2D eigenvalue weighted by Crippen LogP contribution is 2.19. The average Bonchev–Trinajstić information content (AvgIpc) is 3.04. The molecule has 2 aromatic carbocycles. The zero-order valence-corrected chi connectivity index (χ0v) is 14.2. The van der Waals surface area contributed by atoms with Crippen molar-refractivity contribution in [2.75, 3.05) is 6.54 Å². The van der Waals surface area contributed by atoms with E-state index in [-0.39, 0.29) is 17.1 Å². The van der Waals surface area contributed by atoms with Gasteiger partial charge in [-0.25, -0.2) is 4.39 Å². The second-order valence-corrected chi connectivity index (χ2v) is 5.89. The van der Waals surface area contributed by atoms with E-state index in [1.54, 1.807) is 0 Å². The van der Waals surface area contributed by atoms with Crippen molar-refractivity contribution in [1.29, 1.82) is 0 Å². The standard InChI is InChI=1S/C18H15ClFN3O2/c1-11-4-2-5-12(10-11)17-22-15(25-23-17)8-9-21-18(24)16-13(19)6-3-7-14(16)20/h2-7,10H,8-9H2,1H3,(H,21,24). The number of rotatable bonds is 5. The van der Waals surface area contributed by atoms with E-state index in [1.165, 1.54) is 18.2 Å². The van der Waals surface area contributed by atoms with Crippen molar-refractivity contribution in [3.05, 3.63) is 70.3 Å². The highest BCUT2D eigenvalue weighted by Gasteiger charge is 2.16. The van der Waals surface area contributed by atoms with E-state index >= 15 is 0 Å². The predicted molar refractivity (Wildman–Crippen MR) is 91.9 cm³/mol. The van der Waals surface area contributed by atoms with Gasteiger partial charge in [0, 0.05) is 18.5 Å². The summed E-state index contributed by atoms with van der Waals surface area (Å²) < 4.78 is 18.9. The summed E-state index contributed by atoms with van der Waals surface area (Å²) in [5.74, 6) is -0.371. The van der Waals surface area contributed by atoms with Gasteiger partial charge in [0.25, 0.3) is 5.91 Å². The normalized spacial score (nSPS) is 10.7. The van der Waals surface area contributed by atoms with Gasteiger partial charge in [0.1, 0.15) is 5.82 Å². The Hall–Kier alpha value is -2.73. The highest BCUT2D eigenvalue weighted by molar-refractivity contribution is 6.33. The van der Waals surface area contributed by atoms with E-state index in [9.17, 15) is 9.18 Å². The van der Waals surface area contributed by atoms with Crippen molar-refractivity contribution in [2.24, 2.45) is 0 Å². The number of benzene rings is 2. The van der Waals surface area contributed by atoms with Crippen LogP contribution in [0.4, 0.5) is 4.39 Å². The van der Waals surface area contributed by atoms with Gasteiger partial charge in [-0.2, -0.15) is 4.98 Å². The van der Waals surface area contributed by atoms with Gasteiger partial charge in [-0.05, 0) is 25.1 Å². The van der Waals surface area contributed by atoms with E-state index in [0.29, 0.717) is 18.1 Å². The Kier molecular flexibility index (Phi) is 5.09. The van der Waals surface area contributed by atoms with Crippen LogP contribution < -0.4 is 5.32 Å². The largest absolute Gasteiger partial charge is 0.351 e. The molecule has 0 aliphatic heterocycles. The number of carbonyl (C=O) groups is 1. The molecular weight excluding hydrogens is 345 g/mol. The van der Waals surface area contributed by atoms with Gasteiger partial charge in [-0.3, -0.25) is 4.79 Å². The number of halogens is 2. The minimum Gasteiger partial charge on any atom is -0.351 e. The molecule has 0 bridgehead atoms. The number of carbonyl (C=O) groups excluding carboxylic acids is 1. The molecule has 7 heteroatoms. The Labute approximate surface area is 148 Å². The van der Waals surface area contributed by atoms with Gasteiger partial charge in [-0.1, -0.05) is 46.6 Å². The minimum atomic E-state index is -0.662. The van der Waals surface area contributed by atoms with Gasteiger partial charge in [0.2, 0.25) is 11.7 Å². The first-order chi connectivity index (χ1) is 12.0. The van der Waals surface area contributed by atoms with E-state index in [2.05, 4.69) is 15.5 Å². The van der Waals surface area contributed by atoms with Crippen LogP contribution in [0, 0.1) is 12.7 Å². The molecule has 128 valence electrons. The number of aromatic nitrogens is 2. The maximum Gasteiger partial charge on any atom is 0.255 e. The van der Waals surface area contributed by atoms with Gasteiger partial charge < -0.3 is 9.84 Å². The fourth-order valence-electron chi connectivity index (χ4n) is 2.34. The van der Waals surface area contributed by atoms with E-state index < -0.39 is 11.7 Å². The first kappa shape index (κ1) is 17.1. The summed E-state index contributed by atoms with van der Waals surface area (Å²) in [6.07, 6.45) is 0.330. The quantitative estimate of drug-likeness (QED) is 0.752. The zero-order chi connectivity index (χ0) is 17.8. The molecule has 3 aromatic rings. The number of nitrogens with zero attached hydrogens (tertiary/aromatic N) is 2. The summed E-state index contributed by atoms with van der Waals surface area (Å²) in [4.78, 5) is 16.3. The van der Waals surface area contributed by atoms with Crippen LogP contribution in [-0.2, 0) is 6.42 Å². The molecule has 0 radical (unpaired) electrons. The van der Waals surface area contributed by atoms with Crippen LogP contribution in [0.3, 0.4) is 0 Å². The Morgan fingerprint density at radius 2 is 2.08 bits per heavy atom. The van der Waals surface area contributed by atoms with E-state index in [0.717, 1.165) is 11.1 Å². The fraction of sp³-hybridized carbons (Fsp3) is 0.167.